The maximum atomic E-state index is 14.4. The van der Waals surface area contributed by atoms with Crippen LogP contribution in [0.4, 0.5) is 8.78 Å². The van der Waals surface area contributed by atoms with Gasteiger partial charge in [-0.05, 0) is 36.6 Å². The number of rotatable bonds is 8. The number of nitrogens with zero attached hydrogens (tertiary/aromatic N) is 2. The second-order valence-corrected chi connectivity index (χ2v) is 10.9. The Hall–Kier alpha value is -3.40. The van der Waals surface area contributed by atoms with Crippen molar-refractivity contribution < 1.29 is 42.3 Å². The number of carbonyl (C=O) groups excluding carboxylic acids is 3. The van der Waals surface area contributed by atoms with E-state index in [9.17, 15) is 37.5 Å². The molecule has 1 aliphatic rings. The summed E-state index contributed by atoms with van der Waals surface area (Å²) in [5.41, 5.74) is 1.07. The van der Waals surface area contributed by atoms with Gasteiger partial charge in [-0.25, -0.2) is 13.6 Å². The standard InChI is InChI=1S/C26H27F2N2O7P/c1-15-4-3-5-16(25(15)28)6-9-23(31)22-10-17(27)12-30(22)24(32)14-29-13-20(26(33)37-2)19-8-7-18(11-21(19)29)38(34,35)36/h3-5,7-8,11,13,17,22H,6,9-10,12,14H2,1-2H3,(H2,34,35,36)/t17-,22+/m1/s1. The molecule has 0 spiro atoms. The van der Waals surface area contributed by atoms with Gasteiger partial charge in [0.2, 0.25) is 5.91 Å². The summed E-state index contributed by atoms with van der Waals surface area (Å²) in [6, 6.07) is 7.55. The maximum Gasteiger partial charge on any atom is 0.356 e. The van der Waals surface area contributed by atoms with Crippen LogP contribution in [0.5, 0.6) is 0 Å². The fraction of sp³-hybridized carbons (Fsp3) is 0.346. The summed E-state index contributed by atoms with van der Waals surface area (Å²) in [4.78, 5) is 58.8. The first kappa shape index (κ1) is 27.6. The van der Waals surface area contributed by atoms with Crippen LogP contribution in [0.2, 0.25) is 0 Å². The average Bonchev–Trinajstić information content (AvgIpc) is 3.44. The molecule has 0 bridgehead atoms. The predicted octanol–water partition coefficient (Wildman–Crippen LogP) is 2.82. The number of esters is 1. The lowest BCUT2D eigenvalue weighted by Crippen LogP contribution is -2.42. The minimum Gasteiger partial charge on any atom is -0.465 e. The number of amides is 1. The van der Waals surface area contributed by atoms with E-state index < -0.39 is 49.8 Å². The number of methoxy groups -OCH3 is 1. The predicted molar refractivity (Wildman–Crippen MR) is 134 cm³/mol. The van der Waals surface area contributed by atoms with E-state index in [-0.39, 0.29) is 42.2 Å². The Morgan fingerprint density at radius 3 is 2.61 bits per heavy atom. The lowest BCUT2D eigenvalue weighted by molar-refractivity contribution is -0.138. The van der Waals surface area contributed by atoms with Crippen molar-refractivity contribution in [2.75, 3.05) is 13.7 Å². The number of hydrogen-bond acceptors (Lipinski definition) is 5. The van der Waals surface area contributed by atoms with Gasteiger partial charge in [-0.3, -0.25) is 14.2 Å². The molecule has 202 valence electrons. The number of aryl methyl sites for hydroxylation is 2. The number of benzene rings is 2. The minimum absolute atomic E-state index is 0.0742. The number of ketones is 1. The van der Waals surface area contributed by atoms with Gasteiger partial charge in [0.25, 0.3) is 0 Å². The molecule has 4 rings (SSSR count). The van der Waals surface area contributed by atoms with Gasteiger partial charge in [0, 0.05) is 24.4 Å². The summed E-state index contributed by atoms with van der Waals surface area (Å²) in [7, 11) is -3.46. The van der Waals surface area contributed by atoms with Crippen LogP contribution in [0.1, 0.15) is 34.3 Å². The summed E-state index contributed by atoms with van der Waals surface area (Å²) in [6.07, 6.45) is -0.248. The number of likely N-dealkylation sites (tertiary alicyclic amines) is 1. The molecule has 1 saturated heterocycles. The second kappa shape index (κ2) is 10.8. The van der Waals surface area contributed by atoms with E-state index in [0.29, 0.717) is 16.5 Å². The van der Waals surface area contributed by atoms with Gasteiger partial charge in [-0.2, -0.15) is 0 Å². The Morgan fingerprint density at radius 1 is 1.18 bits per heavy atom. The zero-order chi connectivity index (χ0) is 27.8. The van der Waals surface area contributed by atoms with E-state index in [1.54, 1.807) is 25.1 Å². The van der Waals surface area contributed by atoms with Crippen molar-refractivity contribution in [3.8, 4) is 0 Å². The number of fused-ring (bicyclic) bond motifs is 1. The smallest absolute Gasteiger partial charge is 0.356 e. The van der Waals surface area contributed by atoms with Crippen LogP contribution in [-0.2, 0) is 31.9 Å². The van der Waals surface area contributed by atoms with Gasteiger partial charge in [-0.1, -0.05) is 24.3 Å². The zero-order valence-electron chi connectivity index (χ0n) is 20.8. The summed E-state index contributed by atoms with van der Waals surface area (Å²) in [5, 5.41) is -0.00547. The van der Waals surface area contributed by atoms with E-state index in [1.165, 1.54) is 36.1 Å². The summed E-state index contributed by atoms with van der Waals surface area (Å²) >= 11 is 0. The molecule has 1 aromatic heterocycles. The molecule has 0 unspecified atom stereocenters. The van der Waals surface area contributed by atoms with Crippen LogP contribution in [0.3, 0.4) is 0 Å². The summed E-state index contributed by atoms with van der Waals surface area (Å²) < 4.78 is 46.6. The average molecular weight is 548 g/mol. The number of aromatic nitrogens is 1. The monoisotopic (exact) mass is 548 g/mol. The first-order valence-electron chi connectivity index (χ1n) is 11.9. The minimum atomic E-state index is -4.64. The molecule has 2 heterocycles. The van der Waals surface area contributed by atoms with Crippen LogP contribution < -0.4 is 5.30 Å². The lowest BCUT2D eigenvalue weighted by atomic mass is 10.00. The third kappa shape index (κ3) is 5.55. The first-order chi connectivity index (χ1) is 17.9. The third-order valence-electron chi connectivity index (χ3n) is 6.77. The van der Waals surface area contributed by atoms with Crippen molar-refractivity contribution in [1.82, 2.24) is 9.47 Å². The van der Waals surface area contributed by atoms with E-state index in [0.717, 1.165) is 4.90 Å². The number of halogens is 2. The summed E-state index contributed by atoms with van der Waals surface area (Å²) in [5.74, 6) is -2.12. The highest BCUT2D eigenvalue weighted by atomic mass is 31.2. The van der Waals surface area contributed by atoms with Crippen LogP contribution >= 0.6 is 7.60 Å². The zero-order valence-corrected chi connectivity index (χ0v) is 21.7. The second-order valence-electron chi connectivity index (χ2n) is 9.32. The highest BCUT2D eigenvalue weighted by molar-refractivity contribution is 7.60. The molecule has 9 nitrogen and oxygen atoms in total. The Bertz CT molecular complexity index is 1470. The van der Waals surface area contributed by atoms with Crippen LogP contribution in [-0.4, -0.2) is 62.8 Å². The fourth-order valence-corrected chi connectivity index (χ4v) is 5.35. The lowest BCUT2D eigenvalue weighted by Gasteiger charge is -2.24. The van der Waals surface area contributed by atoms with Gasteiger partial charge >= 0.3 is 13.6 Å². The molecule has 1 amide bonds. The molecule has 0 radical (unpaired) electrons. The van der Waals surface area contributed by atoms with Crippen LogP contribution in [0.15, 0.2) is 42.6 Å². The topological polar surface area (TPSA) is 126 Å². The Morgan fingerprint density at radius 2 is 1.92 bits per heavy atom. The van der Waals surface area contributed by atoms with E-state index in [1.807, 2.05) is 0 Å². The van der Waals surface area contributed by atoms with Gasteiger partial charge in [0.05, 0.1) is 36.1 Å². The molecular weight excluding hydrogens is 521 g/mol. The molecule has 2 N–H and O–H groups in total. The van der Waals surface area contributed by atoms with Crippen molar-refractivity contribution in [2.45, 2.75) is 44.9 Å². The molecular formula is C26H27F2N2O7P. The molecule has 2 atom stereocenters. The van der Waals surface area contributed by atoms with E-state index in [4.69, 9.17) is 4.74 Å². The quantitative estimate of drug-likeness (QED) is 0.328. The summed E-state index contributed by atoms with van der Waals surface area (Å²) in [6.45, 7) is 0.900. The molecule has 1 aliphatic heterocycles. The molecule has 0 saturated carbocycles. The Kier molecular flexibility index (Phi) is 7.83. The normalized spacial score (nSPS) is 17.7. The van der Waals surface area contributed by atoms with Crippen molar-refractivity contribution in [2.24, 2.45) is 0 Å². The number of alkyl halides is 1. The van der Waals surface area contributed by atoms with Crippen molar-refractivity contribution in [1.29, 1.82) is 0 Å². The number of hydrogen-bond donors (Lipinski definition) is 2. The highest BCUT2D eigenvalue weighted by Gasteiger charge is 2.39. The van der Waals surface area contributed by atoms with Gasteiger partial charge < -0.3 is 24.0 Å². The van der Waals surface area contributed by atoms with Crippen LogP contribution in [0.25, 0.3) is 10.9 Å². The molecule has 3 aromatic rings. The fourth-order valence-electron chi connectivity index (χ4n) is 4.79. The van der Waals surface area contributed by atoms with Crippen molar-refractivity contribution in [3.05, 3.63) is 65.1 Å². The molecule has 38 heavy (non-hydrogen) atoms. The molecule has 1 fully saturated rings. The number of carbonyl (C=O) groups is 3. The van der Waals surface area contributed by atoms with Gasteiger partial charge in [0.1, 0.15) is 18.5 Å². The van der Waals surface area contributed by atoms with Crippen molar-refractivity contribution in [3.63, 3.8) is 0 Å². The SMILES string of the molecule is COC(=O)c1cn(CC(=O)N2C[C@H](F)C[C@H]2C(=O)CCc2cccc(C)c2F)c2cc(P(=O)(O)O)ccc12. The first-order valence-corrected chi connectivity index (χ1v) is 13.5. The Balaban J connectivity index is 1.58. The Labute approximate surface area is 217 Å². The van der Waals surface area contributed by atoms with Gasteiger partial charge in [0.15, 0.2) is 5.78 Å². The van der Waals surface area contributed by atoms with E-state index >= 15 is 0 Å². The molecule has 12 heteroatoms. The highest BCUT2D eigenvalue weighted by Crippen LogP contribution is 2.35. The number of Topliss-reactive ketones (excluding diaryl/α,β-unsaturated/α-hetero) is 1. The van der Waals surface area contributed by atoms with Crippen LogP contribution in [0, 0.1) is 12.7 Å². The maximum absolute atomic E-state index is 14.4. The van der Waals surface area contributed by atoms with E-state index in [2.05, 4.69) is 0 Å². The third-order valence-corrected chi connectivity index (χ3v) is 7.72. The van der Waals surface area contributed by atoms with Crippen molar-refractivity contribution >= 4 is 41.5 Å². The molecule has 0 aliphatic carbocycles. The van der Waals surface area contributed by atoms with Gasteiger partial charge in [-0.15, -0.1) is 0 Å². The molecule has 2 aromatic carbocycles. The number of ether oxygens (including phenoxy) is 1. The largest absolute Gasteiger partial charge is 0.465 e.